The molecule has 2 rings (SSSR count). The van der Waals surface area contributed by atoms with Crippen LogP contribution in [0.15, 0.2) is 36.5 Å². The lowest BCUT2D eigenvalue weighted by atomic mass is 10.1. The number of amides is 1. The molecule has 2 aromatic rings. The SMILES string of the molecule is CCCCOc1ncccc1CNC(=O)c1ccc(C)c(C)c1. The predicted octanol–water partition coefficient (Wildman–Crippen LogP) is 3.81. The van der Waals surface area contributed by atoms with Crippen molar-refractivity contribution in [3.8, 4) is 5.88 Å². The van der Waals surface area contributed by atoms with Gasteiger partial charge in [0.2, 0.25) is 5.88 Å². The maximum atomic E-state index is 12.3. The highest BCUT2D eigenvalue weighted by molar-refractivity contribution is 5.94. The lowest BCUT2D eigenvalue weighted by Gasteiger charge is -2.11. The zero-order valence-electron chi connectivity index (χ0n) is 14.1. The molecule has 1 aromatic carbocycles. The van der Waals surface area contributed by atoms with Crippen LogP contribution in [0.2, 0.25) is 0 Å². The molecular weight excluding hydrogens is 288 g/mol. The lowest BCUT2D eigenvalue weighted by molar-refractivity contribution is 0.0950. The molecule has 4 heteroatoms. The van der Waals surface area contributed by atoms with Crippen LogP contribution in [-0.2, 0) is 6.54 Å². The van der Waals surface area contributed by atoms with Crippen LogP contribution in [-0.4, -0.2) is 17.5 Å². The molecule has 1 heterocycles. The van der Waals surface area contributed by atoms with E-state index in [2.05, 4.69) is 17.2 Å². The summed E-state index contributed by atoms with van der Waals surface area (Å²) in [6, 6.07) is 9.50. The van der Waals surface area contributed by atoms with Gasteiger partial charge in [0.25, 0.3) is 5.91 Å². The summed E-state index contributed by atoms with van der Waals surface area (Å²) in [6.45, 7) is 7.21. The van der Waals surface area contributed by atoms with Gasteiger partial charge in [-0.15, -0.1) is 0 Å². The summed E-state index contributed by atoms with van der Waals surface area (Å²) in [7, 11) is 0. The fourth-order valence-corrected chi connectivity index (χ4v) is 2.16. The first kappa shape index (κ1) is 17.0. The molecule has 122 valence electrons. The summed E-state index contributed by atoms with van der Waals surface area (Å²) in [5.74, 6) is 0.512. The number of ether oxygens (including phenoxy) is 1. The third-order valence-electron chi connectivity index (χ3n) is 3.80. The monoisotopic (exact) mass is 312 g/mol. The topological polar surface area (TPSA) is 51.2 Å². The van der Waals surface area contributed by atoms with Gasteiger partial charge in [0.15, 0.2) is 0 Å². The van der Waals surface area contributed by atoms with Gasteiger partial charge >= 0.3 is 0 Å². The maximum absolute atomic E-state index is 12.3. The summed E-state index contributed by atoms with van der Waals surface area (Å²) in [4.78, 5) is 16.5. The average Bonchev–Trinajstić information content (AvgIpc) is 2.56. The summed E-state index contributed by atoms with van der Waals surface area (Å²) in [5.41, 5.74) is 3.86. The van der Waals surface area contributed by atoms with E-state index in [1.165, 1.54) is 5.56 Å². The first-order chi connectivity index (χ1) is 11.1. The van der Waals surface area contributed by atoms with Gasteiger partial charge in [-0.25, -0.2) is 4.98 Å². The molecule has 0 saturated heterocycles. The minimum Gasteiger partial charge on any atom is -0.477 e. The van der Waals surface area contributed by atoms with Gasteiger partial charge in [-0.1, -0.05) is 25.5 Å². The molecule has 0 fully saturated rings. The van der Waals surface area contributed by atoms with E-state index in [-0.39, 0.29) is 5.91 Å². The van der Waals surface area contributed by atoms with Crippen molar-refractivity contribution in [1.29, 1.82) is 0 Å². The Kier molecular flexibility index (Phi) is 6.15. The van der Waals surface area contributed by atoms with Crippen LogP contribution in [0.4, 0.5) is 0 Å². The van der Waals surface area contributed by atoms with Crippen molar-refractivity contribution in [3.05, 3.63) is 58.8 Å². The summed E-state index contributed by atoms with van der Waals surface area (Å²) < 4.78 is 5.69. The molecule has 0 unspecified atom stereocenters. The van der Waals surface area contributed by atoms with Crippen molar-refractivity contribution in [1.82, 2.24) is 10.3 Å². The van der Waals surface area contributed by atoms with E-state index in [1.807, 2.05) is 44.2 Å². The second-order valence-electron chi connectivity index (χ2n) is 5.65. The summed E-state index contributed by atoms with van der Waals surface area (Å²) >= 11 is 0. The number of hydrogen-bond donors (Lipinski definition) is 1. The molecule has 0 saturated carbocycles. The number of nitrogens with zero attached hydrogens (tertiary/aromatic N) is 1. The van der Waals surface area contributed by atoms with Gasteiger partial charge < -0.3 is 10.1 Å². The smallest absolute Gasteiger partial charge is 0.251 e. The zero-order chi connectivity index (χ0) is 16.7. The molecule has 4 nitrogen and oxygen atoms in total. The van der Waals surface area contributed by atoms with Crippen LogP contribution < -0.4 is 10.1 Å². The number of carbonyl (C=O) groups excluding carboxylic acids is 1. The Morgan fingerprint density at radius 1 is 1.22 bits per heavy atom. The Labute approximate surface area is 137 Å². The van der Waals surface area contributed by atoms with E-state index in [4.69, 9.17) is 4.74 Å². The molecule has 0 atom stereocenters. The predicted molar refractivity (Wildman–Crippen MR) is 91.7 cm³/mol. The number of aromatic nitrogens is 1. The van der Waals surface area contributed by atoms with Crippen LogP contribution in [0.3, 0.4) is 0 Å². The van der Waals surface area contributed by atoms with Gasteiger partial charge in [-0.2, -0.15) is 0 Å². The number of rotatable bonds is 7. The quantitative estimate of drug-likeness (QED) is 0.791. The highest BCUT2D eigenvalue weighted by atomic mass is 16.5. The molecular formula is C19H24N2O2. The number of benzene rings is 1. The second-order valence-corrected chi connectivity index (χ2v) is 5.65. The average molecular weight is 312 g/mol. The number of aryl methyl sites for hydroxylation is 2. The van der Waals surface area contributed by atoms with E-state index < -0.39 is 0 Å². The van der Waals surface area contributed by atoms with Gasteiger partial charge in [-0.3, -0.25) is 4.79 Å². The van der Waals surface area contributed by atoms with Crippen LogP contribution in [0.25, 0.3) is 0 Å². The normalized spacial score (nSPS) is 10.4. The Morgan fingerprint density at radius 2 is 2.04 bits per heavy atom. The Hall–Kier alpha value is -2.36. The van der Waals surface area contributed by atoms with E-state index in [0.29, 0.717) is 24.6 Å². The third-order valence-corrected chi connectivity index (χ3v) is 3.80. The molecule has 0 aliphatic carbocycles. The number of unbranched alkanes of at least 4 members (excludes halogenated alkanes) is 1. The van der Waals surface area contributed by atoms with Crippen molar-refractivity contribution < 1.29 is 9.53 Å². The number of hydrogen-bond acceptors (Lipinski definition) is 3. The van der Waals surface area contributed by atoms with Crippen LogP contribution in [0.5, 0.6) is 5.88 Å². The fourth-order valence-electron chi connectivity index (χ4n) is 2.16. The molecule has 0 aliphatic rings. The summed E-state index contributed by atoms with van der Waals surface area (Å²) in [6.07, 6.45) is 3.77. The number of pyridine rings is 1. The Bertz CT molecular complexity index is 668. The first-order valence-corrected chi connectivity index (χ1v) is 8.04. The minimum atomic E-state index is -0.0866. The molecule has 0 radical (unpaired) electrons. The zero-order valence-corrected chi connectivity index (χ0v) is 14.1. The number of carbonyl (C=O) groups is 1. The van der Waals surface area contributed by atoms with Gasteiger partial charge in [0.1, 0.15) is 0 Å². The highest BCUT2D eigenvalue weighted by Crippen LogP contribution is 2.15. The lowest BCUT2D eigenvalue weighted by Crippen LogP contribution is -2.23. The van der Waals surface area contributed by atoms with Crippen LogP contribution in [0, 0.1) is 13.8 Å². The van der Waals surface area contributed by atoms with Crippen molar-refractivity contribution in [2.45, 2.75) is 40.2 Å². The largest absolute Gasteiger partial charge is 0.477 e. The molecule has 1 N–H and O–H groups in total. The van der Waals surface area contributed by atoms with E-state index in [9.17, 15) is 4.79 Å². The molecule has 0 spiro atoms. The first-order valence-electron chi connectivity index (χ1n) is 8.04. The molecule has 1 aromatic heterocycles. The Morgan fingerprint density at radius 3 is 2.78 bits per heavy atom. The molecule has 1 amide bonds. The van der Waals surface area contributed by atoms with Crippen molar-refractivity contribution in [3.63, 3.8) is 0 Å². The summed E-state index contributed by atoms with van der Waals surface area (Å²) in [5, 5.41) is 2.93. The van der Waals surface area contributed by atoms with Gasteiger partial charge in [0, 0.05) is 23.9 Å². The highest BCUT2D eigenvalue weighted by Gasteiger charge is 2.09. The standard InChI is InChI=1S/C19H24N2O2/c1-4-5-11-23-19-17(7-6-10-20-19)13-21-18(22)16-9-8-14(2)15(3)12-16/h6-10,12H,4-5,11,13H2,1-3H3,(H,21,22). The van der Waals surface area contributed by atoms with E-state index in [0.717, 1.165) is 24.0 Å². The van der Waals surface area contributed by atoms with E-state index in [1.54, 1.807) is 6.20 Å². The fraction of sp³-hybridized carbons (Fsp3) is 0.368. The van der Waals surface area contributed by atoms with Crippen LogP contribution in [0.1, 0.15) is 46.8 Å². The molecule has 0 aliphatic heterocycles. The third kappa shape index (κ3) is 4.81. The maximum Gasteiger partial charge on any atom is 0.251 e. The van der Waals surface area contributed by atoms with Crippen molar-refractivity contribution in [2.75, 3.05) is 6.61 Å². The molecule has 0 bridgehead atoms. The van der Waals surface area contributed by atoms with E-state index >= 15 is 0 Å². The second kappa shape index (κ2) is 8.32. The van der Waals surface area contributed by atoms with Crippen LogP contribution >= 0.6 is 0 Å². The van der Waals surface area contributed by atoms with Gasteiger partial charge in [0.05, 0.1) is 6.61 Å². The van der Waals surface area contributed by atoms with Gasteiger partial charge in [-0.05, 0) is 49.6 Å². The van der Waals surface area contributed by atoms with Crippen molar-refractivity contribution in [2.24, 2.45) is 0 Å². The van der Waals surface area contributed by atoms with Crippen molar-refractivity contribution >= 4 is 5.91 Å². The minimum absolute atomic E-state index is 0.0866. The molecule has 23 heavy (non-hydrogen) atoms. The Balaban J connectivity index is 1.99. The number of nitrogens with one attached hydrogen (secondary N) is 1.